The smallest absolute Gasteiger partial charge is 0.404 e. The molecular weight excluding hydrogens is 331 g/mol. The molecule has 0 unspecified atom stereocenters. The third-order valence-electron chi connectivity index (χ3n) is 3.55. The molecule has 0 spiro atoms. The van der Waals surface area contributed by atoms with Crippen molar-refractivity contribution in [3.63, 3.8) is 0 Å². The Balaban J connectivity index is 2.22. The Hall–Kier alpha value is -1.96. The molecule has 5 heteroatoms. The van der Waals surface area contributed by atoms with Crippen LogP contribution in [0.15, 0.2) is 61.7 Å². The minimum atomic E-state index is -3.72. The monoisotopic (exact) mass is 346 g/mol. The van der Waals surface area contributed by atoms with E-state index < -0.39 is 6.95 Å². The van der Waals surface area contributed by atoms with E-state index in [-0.39, 0.29) is 0 Å². The van der Waals surface area contributed by atoms with Crippen molar-refractivity contribution in [3.8, 4) is 22.6 Å². The van der Waals surface area contributed by atoms with E-state index in [1.54, 1.807) is 12.1 Å². The van der Waals surface area contributed by atoms with Crippen molar-refractivity contribution in [2.24, 2.45) is 0 Å². The lowest BCUT2D eigenvalue weighted by atomic mass is 9.97. The predicted octanol–water partition coefficient (Wildman–Crippen LogP) is 5.93. The van der Waals surface area contributed by atoms with Gasteiger partial charge in [0, 0.05) is 22.4 Å². The summed E-state index contributed by atoms with van der Waals surface area (Å²) in [6.45, 7) is 3.80. The Labute approximate surface area is 140 Å². The standard InChI is InChI=1S/C18H16ClO3P/c1-3-5-13-7-9-17-15(11-13)16-12-14(6-4-2)8-10-18(16)22-23(19,20)21-17/h3-4,7-12H,1-2,5-6H2. The highest BCUT2D eigenvalue weighted by atomic mass is 35.7. The summed E-state index contributed by atoms with van der Waals surface area (Å²) in [5.41, 5.74) is 3.77. The Morgan fingerprint density at radius 1 is 0.913 bits per heavy atom. The maximum Gasteiger partial charge on any atom is 0.530 e. The molecule has 2 aromatic carbocycles. The van der Waals surface area contributed by atoms with Gasteiger partial charge in [0.25, 0.3) is 0 Å². The molecule has 0 atom stereocenters. The first-order valence-corrected chi connectivity index (χ1v) is 9.64. The van der Waals surface area contributed by atoms with Crippen LogP contribution in [0.4, 0.5) is 0 Å². The van der Waals surface area contributed by atoms with Gasteiger partial charge in [-0.25, -0.2) is 4.57 Å². The molecule has 118 valence electrons. The van der Waals surface area contributed by atoms with Crippen LogP contribution in [0.25, 0.3) is 11.1 Å². The van der Waals surface area contributed by atoms with E-state index in [1.165, 1.54) is 0 Å². The number of hydrogen-bond donors (Lipinski definition) is 0. The van der Waals surface area contributed by atoms with Crippen LogP contribution in [0.2, 0.25) is 0 Å². The maximum absolute atomic E-state index is 12.3. The summed E-state index contributed by atoms with van der Waals surface area (Å²) in [4.78, 5) is 0. The molecule has 0 bridgehead atoms. The van der Waals surface area contributed by atoms with E-state index in [1.807, 2.05) is 36.4 Å². The second-order valence-electron chi connectivity index (χ2n) is 5.26. The van der Waals surface area contributed by atoms with Crippen LogP contribution in [0.1, 0.15) is 11.1 Å². The van der Waals surface area contributed by atoms with E-state index in [2.05, 4.69) is 13.2 Å². The summed E-state index contributed by atoms with van der Waals surface area (Å²) in [5, 5.41) is 0. The summed E-state index contributed by atoms with van der Waals surface area (Å²) in [5.74, 6) is 0.899. The third-order valence-corrected chi connectivity index (χ3v) is 4.80. The topological polar surface area (TPSA) is 35.5 Å². The van der Waals surface area contributed by atoms with Gasteiger partial charge in [-0.1, -0.05) is 24.3 Å². The zero-order chi connectivity index (χ0) is 16.4. The lowest BCUT2D eigenvalue weighted by Gasteiger charge is -2.10. The van der Waals surface area contributed by atoms with Gasteiger partial charge in [0.15, 0.2) is 0 Å². The van der Waals surface area contributed by atoms with E-state index in [0.29, 0.717) is 11.5 Å². The first-order valence-electron chi connectivity index (χ1n) is 7.19. The van der Waals surface area contributed by atoms with Crippen molar-refractivity contribution >= 4 is 18.2 Å². The molecule has 1 heterocycles. The number of hydrogen-bond acceptors (Lipinski definition) is 3. The first-order chi connectivity index (χ1) is 11.0. The minimum Gasteiger partial charge on any atom is -0.404 e. The minimum absolute atomic E-state index is 0.450. The van der Waals surface area contributed by atoms with E-state index in [9.17, 15) is 4.57 Å². The Bertz CT molecular complexity index is 764. The second-order valence-corrected chi connectivity index (χ2v) is 7.73. The van der Waals surface area contributed by atoms with E-state index in [4.69, 9.17) is 20.3 Å². The highest BCUT2D eigenvalue weighted by Gasteiger charge is 2.31. The molecule has 0 amide bonds. The average molecular weight is 347 g/mol. The molecule has 23 heavy (non-hydrogen) atoms. The molecule has 0 saturated heterocycles. The van der Waals surface area contributed by atoms with Gasteiger partial charge >= 0.3 is 6.95 Å². The van der Waals surface area contributed by atoms with Gasteiger partial charge in [-0.15, -0.1) is 13.2 Å². The Morgan fingerprint density at radius 2 is 1.35 bits per heavy atom. The van der Waals surface area contributed by atoms with Crippen molar-refractivity contribution in [2.75, 3.05) is 0 Å². The fourth-order valence-corrected chi connectivity index (χ4v) is 3.85. The number of rotatable bonds is 4. The van der Waals surface area contributed by atoms with Crippen LogP contribution >= 0.6 is 18.2 Å². The van der Waals surface area contributed by atoms with Gasteiger partial charge in [-0.2, -0.15) is 0 Å². The van der Waals surface area contributed by atoms with Gasteiger partial charge < -0.3 is 9.05 Å². The van der Waals surface area contributed by atoms with Crippen molar-refractivity contribution in [1.29, 1.82) is 0 Å². The fourth-order valence-electron chi connectivity index (χ4n) is 2.58. The molecule has 0 radical (unpaired) electrons. The average Bonchev–Trinajstić information content (AvgIpc) is 2.61. The van der Waals surface area contributed by atoms with Crippen LogP contribution < -0.4 is 9.05 Å². The normalized spacial score (nSPS) is 14.5. The van der Waals surface area contributed by atoms with Crippen molar-refractivity contribution in [3.05, 3.63) is 72.8 Å². The molecule has 0 saturated carbocycles. The molecule has 1 aliphatic heterocycles. The molecule has 0 N–H and O–H groups in total. The number of halogens is 1. The van der Waals surface area contributed by atoms with Gasteiger partial charge in [0.2, 0.25) is 0 Å². The lowest BCUT2D eigenvalue weighted by Crippen LogP contribution is -1.93. The van der Waals surface area contributed by atoms with Crippen molar-refractivity contribution < 1.29 is 13.6 Å². The van der Waals surface area contributed by atoms with Crippen molar-refractivity contribution in [1.82, 2.24) is 0 Å². The number of allylic oxidation sites excluding steroid dienone is 2. The van der Waals surface area contributed by atoms with Crippen LogP contribution in [-0.2, 0) is 17.4 Å². The highest BCUT2D eigenvalue weighted by Crippen LogP contribution is 2.59. The number of fused-ring (bicyclic) bond motifs is 3. The zero-order valence-corrected chi connectivity index (χ0v) is 14.1. The molecule has 1 aliphatic rings. The third kappa shape index (κ3) is 3.36. The highest BCUT2D eigenvalue weighted by molar-refractivity contribution is 7.82. The fraction of sp³-hybridized carbons (Fsp3) is 0.111. The van der Waals surface area contributed by atoms with Crippen LogP contribution in [0.5, 0.6) is 11.5 Å². The zero-order valence-electron chi connectivity index (χ0n) is 12.5. The van der Waals surface area contributed by atoms with Crippen LogP contribution in [0, 0.1) is 0 Å². The summed E-state index contributed by atoms with van der Waals surface area (Å²) in [7, 11) is 0. The summed E-state index contributed by atoms with van der Waals surface area (Å²) >= 11 is 5.91. The molecule has 2 aromatic rings. The Kier molecular flexibility index (Phi) is 4.34. The molecule has 3 rings (SSSR count). The SMILES string of the molecule is C=CCc1ccc2c(c1)-c1cc(CC=C)ccc1OP(=O)(Cl)O2. The molecular formula is C18H16ClO3P. The summed E-state index contributed by atoms with van der Waals surface area (Å²) in [6, 6.07) is 11.3. The summed E-state index contributed by atoms with van der Waals surface area (Å²) in [6.07, 6.45) is 5.12. The predicted molar refractivity (Wildman–Crippen MR) is 94.4 cm³/mol. The van der Waals surface area contributed by atoms with Crippen LogP contribution in [-0.4, -0.2) is 0 Å². The van der Waals surface area contributed by atoms with Gasteiger partial charge in [-0.05, 0) is 48.2 Å². The summed E-state index contributed by atoms with van der Waals surface area (Å²) < 4.78 is 23.1. The lowest BCUT2D eigenvalue weighted by molar-refractivity contribution is 0.412. The van der Waals surface area contributed by atoms with E-state index in [0.717, 1.165) is 35.1 Å². The number of benzene rings is 2. The second kappa shape index (κ2) is 6.27. The molecule has 0 fully saturated rings. The molecule has 0 aromatic heterocycles. The van der Waals surface area contributed by atoms with E-state index >= 15 is 0 Å². The van der Waals surface area contributed by atoms with Gasteiger partial charge in [0.05, 0.1) is 0 Å². The van der Waals surface area contributed by atoms with Gasteiger partial charge in [0.1, 0.15) is 11.5 Å². The Morgan fingerprint density at radius 3 is 1.74 bits per heavy atom. The van der Waals surface area contributed by atoms with Crippen LogP contribution in [0.3, 0.4) is 0 Å². The molecule has 0 aliphatic carbocycles. The first kappa shape index (κ1) is 15.9. The largest absolute Gasteiger partial charge is 0.530 e. The molecule has 3 nitrogen and oxygen atoms in total. The van der Waals surface area contributed by atoms with Gasteiger partial charge in [-0.3, -0.25) is 0 Å². The maximum atomic E-state index is 12.3. The quantitative estimate of drug-likeness (QED) is 0.508. The van der Waals surface area contributed by atoms with Crippen molar-refractivity contribution in [2.45, 2.75) is 12.8 Å².